The molecule has 21 heavy (non-hydrogen) atoms. The molecule has 2 N–H and O–H groups in total. The van der Waals surface area contributed by atoms with E-state index in [1.165, 1.54) is 32.1 Å². The van der Waals surface area contributed by atoms with Gasteiger partial charge in [0.2, 0.25) is 0 Å². The zero-order valence-corrected chi connectivity index (χ0v) is 13.0. The highest BCUT2D eigenvalue weighted by atomic mass is 19.1. The Morgan fingerprint density at radius 2 is 1.81 bits per heavy atom. The first kappa shape index (κ1) is 17.6. The summed E-state index contributed by atoms with van der Waals surface area (Å²) in [6, 6.07) is 5.98. The highest BCUT2D eigenvalue weighted by molar-refractivity contribution is 5.83. The molecule has 0 spiro atoms. The molecule has 0 aliphatic heterocycles. The third-order valence-electron chi connectivity index (χ3n) is 4.03. The van der Waals surface area contributed by atoms with Crippen LogP contribution in [0.1, 0.15) is 51.0 Å². The molecule has 0 radical (unpaired) electrons. The standard InChI is InChI=1S/C17H26FNO2/c1-3-4-5-6-7-12-17(13-19,16(20)21-2)14-8-10-15(18)11-9-14/h8-11H,3-7,12-13,19H2,1-2H3. The lowest BCUT2D eigenvalue weighted by Gasteiger charge is -2.30. The number of halogens is 1. The first-order valence-electron chi connectivity index (χ1n) is 7.65. The van der Waals surface area contributed by atoms with Crippen molar-refractivity contribution < 1.29 is 13.9 Å². The molecule has 0 amide bonds. The lowest BCUT2D eigenvalue weighted by Crippen LogP contribution is -2.44. The van der Waals surface area contributed by atoms with Crippen LogP contribution in [0.2, 0.25) is 0 Å². The zero-order chi connectivity index (χ0) is 15.7. The topological polar surface area (TPSA) is 52.3 Å². The van der Waals surface area contributed by atoms with Crippen LogP contribution in [0.3, 0.4) is 0 Å². The Hall–Kier alpha value is -1.42. The minimum atomic E-state index is -0.866. The van der Waals surface area contributed by atoms with Gasteiger partial charge < -0.3 is 10.5 Å². The number of methoxy groups -OCH3 is 1. The van der Waals surface area contributed by atoms with E-state index in [-0.39, 0.29) is 18.3 Å². The molecule has 0 saturated heterocycles. The summed E-state index contributed by atoms with van der Waals surface area (Å²) in [4.78, 5) is 12.3. The summed E-state index contributed by atoms with van der Waals surface area (Å²) in [6.07, 6.45) is 6.13. The molecule has 0 aliphatic carbocycles. The van der Waals surface area contributed by atoms with Gasteiger partial charge in [-0.05, 0) is 24.1 Å². The number of carbonyl (C=O) groups excluding carboxylic acids is 1. The number of benzene rings is 1. The highest BCUT2D eigenvalue weighted by Gasteiger charge is 2.39. The fourth-order valence-electron chi connectivity index (χ4n) is 2.66. The minimum Gasteiger partial charge on any atom is -0.468 e. The van der Waals surface area contributed by atoms with Crippen LogP contribution >= 0.6 is 0 Å². The number of hydrogen-bond acceptors (Lipinski definition) is 3. The van der Waals surface area contributed by atoms with Crippen LogP contribution in [-0.4, -0.2) is 19.6 Å². The van der Waals surface area contributed by atoms with Gasteiger partial charge in [-0.1, -0.05) is 51.2 Å². The van der Waals surface area contributed by atoms with E-state index >= 15 is 0 Å². The second-order valence-corrected chi connectivity index (χ2v) is 5.45. The predicted octanol–water partition coefficient (Wildman–Crippen LogP) is 3.56. The van der Waals surface area contributed by atoms with Crippen LogP contribution in [0.5, 0.6) is 0 Å². The van der Waals surface area contributed by atoms with Crippen molar-refractivity contribution >= 4 is 5.97 Å². The van der Waals surface area contributed by atoms with Crippen molar-refractivity contribution in [3.63, 3.8) is 0 Å². The Morgan fingerprint density at radius 3 is 2.33 bits per heavy atom. The van der Waals surface area contributed by atoms with Crippen LogP contribution in [0.15, 0.2) is 24.3 Å². The summed E-state index contributed by atoms with van der Waals surface area (Å²) >= 11 is 0. The maximum Gasteiger partial charge on any atom is 0.317 e. The van der Waals surface area contributed by atoms with Crippen LogP contribution in [0.25, 0.3) is 0 Å². The number of unbranched alkanes of at least 4 members (excludes halogenated alkanes) is 4. The molecule has 0 heterocycles. The highest BCUT2D eigenvalue weighted by Crippen LogP contribution is 2.31. The van der Waals surface area contributed by atoms with Gasteiger partial charge in [-0.25, -0.2) is 4.39 Å². The van der Waals surface area contributed by atoms with Crippen LogP contribution in [0.4, 0.5) is 4.39 Å². The van der Waals surface area contributed by atoms with E-state index in [4.69, 9.17) is 10.5 Å². The van der Waals surface area contributed by atoms with Gasteiger partial charge in [-0.2, -0.15) is 0 Å². The van der Waals surface area contributed by atoms with Crippen molar-refractivity contribution in [2.24, 2.45) is 5.73 Å². The number of carbonyl (C=O) groups is 1. The molecule has 1 aromatic carbocycles. The van der Waals surface area contributed by atoms with Gasteiger partial charge in [0.1, 0.15) is 11.2 Å². The van der Waals surface area contributed by atoms with Gasteiger partial charge in [0.25, 0.3) is 0 Å². The van der Waals surface area contributed by atoms with Gasteiger partial charge in [0, 0.05) is 6.54 Å². The summed E-state index contributed by atoms with van der Waals surface area (Å²) in [5.74, 6) is -0.662. The average molecular weight is 295 g/mol. The van der Waals surface area contributed by atoms with Crippen molar-refractivity contribution in [1.29, 1.82) is 0 Å². The number of nitrogens with two attached hydrogens (primary N) is 1. The summed E-state index contributed by atoms with van der Waals surface area (Å²) < 4.78 is 18.1. The fourth-order valence-corrected chi connectivity index (χ4v) is 2.66. The summed E-state index contributed by atoms with van der Waals surface area (Å²) in [7, 11) is 1.37. The van der Waals surface area contributed by atoms with Crippen LogP contribution < -0.4 is 5.73 Å². The second kappa shape index (κ2) is 8.78. The summed E-state index contributed by atoms with van der Waals surface area (Å²) in [5.41, 5.74) is 5.76. The lowest BCUT2D eigenvalue weighted by molar-refractivity contribution is -0.147. The molecule has 0 fully saturated rings. The molecule has 1 atom stereocenters. The number of esters is 1. The Kier molecular flexibility index (Phi) is 7.37. The van der Waals surface area contributed by atoms with Crippen molar-refractivity contribution in [3.8, 4) is 0 Å². The first-order valence-corrected chi connectivity index (χ1v) is 7.65. The van der Waals surface area contributed by atoms with Gasteiger partial charge >= 0.3 is 5.97 Å². The first-order chi connectivity index (χ1) is 10.1. The maximum absolute atomic E-state index is 13.1. The molecule has 1 unspecified atom stereocenters. The quantitative estimate of drug-likeness (QED) is 0.560. The molecular weight excluding hydrogens is 269 g/mol. The van der Waals surface area contributed by atoms with E-state index in [1.807, 2.05) is 0 Å². The number of hydrogen-bond donors (Lipinski definition) is 1. The van der Waals surface area contributed by atoms with Crippen LogP contribution in [0, 0.1) is 5.82 Å². The average Bonchev–Trinajstić information content (AvgIpc) is 2.51. The number of rotatable bonds is 9. The molecule has 0 bridgehead atoms. The third kappa shape index (κ3) is 4.53. The molecule has 4 heteroatoms. The Labute approximate surface area is 126 Å². The molecule has 1 rings (SSSR count). The largest absolute Gasteiger partial charge is 0.468 e. The van der Waals surface area contributed by atoms with E-state index in [1.54, 1.807) is 12.1 Å². The fraction of sp³-hybridized carbons (Fsp3) is 0.588. The summed E-state index contributed by atoms with van der Waals surface area (Å²) in [6.45, 7) is 2.33. The van der Waals surface area contributed by atoms with Crippen molar-refractivity contribution in [2.45, 2.75) is 50.9 Å². The molecule has 1 aromatic rings. The summed E-state index contributed by atoms with van der Waals surface area (Å²) in [5, 5.41) is 0. The predicted molar refractivity (Wildman–Crippen MR) is 82.5 cm³/mol. The smallest absolute Gasteiger partial charge is 0.317 e. The molecular formula is C17H26FNO2. The zero-order valence-electron chi connectivity index (χ0n) is 13.0. The van der Waals surface area contributed by atoms with Gasteiger partial charge in [-0.15, -0.1) is 0 Å². The van der Waals surface area contributed by atoms with Gasteiger partial charge in [0.05, 0.1) is 7.11 Å². The third-order valence-corrected chi connectivity index (χ3v) is 4.03. The van der Waals surface area contributed by atoms with E-state index in [2.05, 4.69) is 6.92 Å². The van der Waals surface area contributed by atoms with Crippen molar-refractivity contribution in [2.75, 3.05) is 13.7 Å². The maximum atomic E-state index is 13.1. The Morgan fingerprint density at radius 1 is 1.19 bits per heavy atom. The second-order valence-electron chi connectivity index (χ2n) is 5.45. The number of ether oxygens (including phenoxy) is 1. The van der Waals surface area contributed by atoms with E-state index in [9.17, 15) is 9.18 Å². The van der Waals surface area contributed by atoms with E-state index in [0.717, 1.165) is 24.8 Å². The molecule has 0 saturated carbocycles. The van der Waals surface area contributed by atoms with E-state index < -0.39 is 5.41 Å². The monoisotopic (exact) mass is 295 g/mol. The minimum absolute atomic E-state index is 0.166. The van der Waals surface area contributed by atoms with Crippen LogP contribution in [-0.2, 0) is 14.9 Å². The van der Waals surface area contributed by atoms with E-state index in [0.29, 0.717) is 6.42 Å². The Balaban J connectivity index is 2.88. The SMILES string of the molecule is CCCCCCCC(CN)(C(=O)OC)c1ccc(F)cc1. The molecule has 3 nitrogen and oxygen atoms in total. The van der Waals surface area contributed by atoms with Crippen molar-refractivity contribution in [1.82, 2.24) is 0 Å². The van der Waals surface area contributed by atoms with Crippen molar-refractivity contribution in [3.05, 3.63) is 35.6 Å². The molecule has 118 valence electrons. The lowest BCUT2D eigenvalue weighted by atomic mass is 9.76. The van der Waals surface area contributed by atoms with Gasteiger partial charge in [0.15, 0.2) is 0 Å². The molecule has 0 aliphatic rings. The molecule has 0 aromatic heterocycles. The normalized spacial score (nSPS) is 13.7. The Bertz CT molecular complexity index is 433. The van der Waals surface area contributed by atoms with Gasteiger partial charge in [-0.3, -0.25) is 4.79 Å².